The number of pyridine rings is 1. The number of methoxy groups -OCH3 is 1. The van der Waals surface area contributed by atoms with Crippen LogP contribution in [0, 0.1) is 0 Å². The van der Waals surface area contributed by atoms with Gasteiger partial charge in [0, 0.05) is 36.4 Å². The number of Topliss-reactive ketones (excluding diaryl/α,β-unsaturated/α-hetero) is 1. The van der Waals surface area contributed by atoms with E-state index in [1.54, 1.807) is 49.8 Å². The van der Waals surface area contributed by atoms with E-state index < -0.39 is 0 Å². The number of hydrogen-bond donors (Lipinski definition) is 0. The van der Waals surface area contributed by atoms with Crippen molar-refractivity contribution in [3.63, 3.8) is 0 Å². The van der Waals surface area contributed by atoms with Gasteiger partial charge in [0.05, 0.1) is 7.11 Å². The molecule has 0 aliphatic rings. The van der Waals surface area contributed by atoms with Gasteiger partial charge in [0.2, 0.25) is 11.7 Å². The Morgan fingerprint density at radius 1 is 1.22 bits per heavy atom. The van der Waals surface area contributed by atoms with Crippen LogP contribution in [0.3, 0.4) is 0 Å². The summed E-state index contributed by atoms with van der Waals surface area (Å²) in [5.74, 6) is 1.66. The van der Waals surface area contributed by atoms with E-state index in [2.05, 4.69) is 15.1 Å². The van der Waals surface area contributed by atoms with E-state index in [1.807, 2.05) is 6.07 Å². The fraction of sp³-hybridized carbons (Fsp3) is 0.176. The van der Waals surface area contributed by atoms with Crippen LogP contribution in [0.1, 0.15) is 22.7 Å². The van der Waals surface area contributed by atoms with Crippen LogP contribution in [0.5, 0.6) is 5.75 Å². The summed E-state index contributed by atoms with van der Waals surface area (Å²) >= 11 is 0. The number of aryl methyl sites for hydroxylation is 1. The maximum atomic E-state index is 12.2. The van der Waals surface area contributed by atoms with Crippen molar-refractivity contribution in [1.29, 1.82) is 0 Å². The maximum absolute atomic E-state index is 12.2. The second-order valence-electron chi connectivity index (χ2n) is 4.91. The van der Waals surface area contributed by atoms with Gasteiger partial charge >= 0.3 is 0 Å². The van der Waals surface area contributed by atoms with E-state index in [4.69, 9.17) is 9.26 Å². The number of nitrogens with zero attached hydrogens (tertiary/aromatic N) is 3. The first-order valence-electron chi connectivity index (χ1n) is 7.16. The molecule has 1 aromatic carbocycles. The molecule has 0 amide bonds. The predicted octanol–water partition coefficient (Wildman–Crippen LogP) is 2.96. The van der Waals surface area contributed by atoms with Crippen LogP contribution in [0.2, 0.25) is 0 Å². The molecule has 0 atom stereocenters. The molecule has 0 fully saturated rings. The molecule has 0 spiro atoms. The Labute approximate surface area is 133 Å². The molecule has 0 aliphatic carbocycles. The Morgan fingerprint density at radius 3 is 2.74 bits per heavy atom. The van der Waals surface area contributed by atoms with Crippen molar-refractivity contribution < 1.29 is 14.1 Å². The Balaban J connectivity index is 1.62. The Hall–Kier alpha value is -3.02. The molecule has 0 saturated heterocycles. The summed E-state index contributed by atoms with van der Waals surface area (Å²) in [6.07, 6.45) is 4.05. The van der Waals surface area contributed by atoms with Crippen LogP contribution >= 0.6 is 0 Å². The third-order valence-electron chi connectivity index (χ3n) is 3.37. The zero-order valence-corrected chi connectivity index (χ0v) is 12.6. The highest BCUT2D eigenvalue weighted by Crippen LogP contribution is 2.16. The van der Waals surface area contributed by atoms with Crippen LogP contribution < -0.4 is 4.74 Å². The van der Waals surface area contributed by atoms with Crippen LogP contribution in [-0.2, 0) is 6.42 Å². The summed E-state index contributed by atoms with van der Waals surface area (Å²) in [5.41, 5.74) is 1.42. The van der Waals surface area contributed by atoms with Crippen LogP contribution in [0.15, 0.2) is 53.3 Å². The molecule has 0 unspecified atom stereocenters. The summed E-state index contributed by atoms with van der Waals surface area (Å²) in [5, 5.41) is 3.91. The van der Waals surface area contributed by atoms with Gasteiger partial charge in [-0.2, -0.15) is 4.98 Å². The second kappa shape index (κ2) is 6.83. The molecule has 0 bridgehead atoms. The average molecular weight is 309 g/mol. The van der Waals surface area contributed by atoms with E-state index in [-0.39, 0.29) is 5.78 Å². The number of hydrogen-bond acceptors (Lipinski definition) is 6. The minimum absolute atomic E-state index is 0.0220. The number of aromatic nitrogens is 3. The molecule has 0 aliphatic heterocycles. The molecule has 0 radical (unpaired) electrons. The molecule has 6 heteroatoms. The summed E-state index contributed by atoms with van der Waals surface area (Å²) in [6, 6.07) is 10.7. The Morgan fingerprint density at radius 2 is 2.04 bits per heavy atom. The molecule has 0 N–H and O–H groups in total. The first kappa shape index (κ1) is 14.9. The second-order valence-corrected chi connectivity index (χ2v) is 4.91. The van der Waals surface area contributed by atoms with E-state index in [0.29, 0.717) is 30.1 Å². The minimum Gasteiger partial charge on any atom is -0.497 e. The van der Waals surface area contributed by atoms with Gasteiger partial charge in [-0.25, -0.2) is 0 Å². The molecule has 6 nitrogen and oxygen atoms in total. The number of ether oxygens (including phenoxy) is 1. The first-order chi connectivity index (χ1) is 11.3. The SMILES string of the molecule is COc1ccc(C(=O)CCc2nc(-c3cccnc3)no2)cc1. The van der Waals surface area contributed by atoms with E-state index >= 15 is 0 Å². The van der Waals surface area contributed by atoms with Gasteiger partial charge in [-0.1, -0.05) is 5.16 Å². The lowest BCUT2D eigenvalue weighted by Crippen LogP contribution is -2.01. The topological polar surface area (TPSA) is 78.1 Å². The van der Waals surface area contributed by atoms with Crippen LogP contribution in [-0.4, -0.2) is 28.0 Å². The normalized spacial score (nSPS) is 10.5. The largest absolute Gasteiger partial charge is 0.497 e. The number of benzene rings is 1. The van der Waals surface area contributed by atoms with Crippen molar-refractivity contribution in [2.24, 2.45) is 0 Å². The lowest BCUT2D eigenvalue weighted by atomic mass is 10.1. The number of rotatable bonds is 6. The highest BCUT2D eigenvalue weighted by molar-refractivity contribution is 5.96. The zero-order chi connectivity index (χ0) is 16.1. The first-order valence-corrected chi connectivity index (χ1v) is 7.16. The molecule has 3 rings (SSSR count). The van der Waals surface area contributed by atoms with Crippen molar-refractivity contribution in [1.82, 2.24) is 15.1 Å². The van der Waals surface area contributed by atoms with Gasteiger partial charge in [0.25, 0.3) is 0 Å². The molecule has 3 aromatic rings. The smallest absolute Gasteiger partial charge is 0.227 e. The van der Waals surface area contributed by atoms with Crippen molar-refractivity contribution >= 4 is 5.78 Å². The highest BCUT2D eigenvalue weighted by Gasteiger charge is 2.12. The van der Waals surface area contributed by atoms with E-state index in [1.165, 1.54) is 0 Å². The van der Waals surface area contributed by atoms with Gasteiger partial charge in [0.15, 0.2) is 5.78 Å². The standard InChI is InChI=1S/C17H15N3O3/c1-22-14-6-4-12(5-7-14)15(21)8-9-16-19-17(20-23-16)13-3-2-10-18-11-13/h2-7,10-11H,8-9H2,1H3. The van der Waals surface area contributed by atoms with Gasteiger partial charge in [0.1, 0.15) is 5.75 Å². The van der Waals surface area contributed by atoms with Crippen molar-refractivity contribution in [3.05, 3.63) is 60.2 Å². The summed E-state index contributed by atoms with van der Waals surface area (Å²) in [7, 11) is 1.59. The lowest BCUT2D eigenvalue weighted by molar-refractivity contribution is 0.0979. The van der Waals surface area contributed by atoms with Gasteiger partial charge in [-0.05, 0) is 36.4 Å². The van der Waals surface area contributed by atoms with Crippen molar-refractivity contribution in [2.45, 2.75) is 12.8 Å². The van der Waals surface area contributed by atoms with Gasteiger partial charge in [-0.15, -0.1) is 0 Å². The minimum atomic E-state index is 0.0220. The molecular formula is C17H15N3O3. The summed E-state index contributed by atoms with van der Waals surface area (Å²) < 4.78 is 10.3. The molecular weight excluding hydrogens is 294 g/mol. The number of carbonyl (C=O) groups is 1. The summed E-state index contributed by atoms with van der Waals surface area (Å²) in [4.78, 5) is 20.4. The summed E-state index contributed by atoms with van der Waals surface area (Å²) in [6.45, 7) is 0. The fourth-order valence-electron chi connectivity index (χ4n) is 2.11. The third kappa shape index (κ3) is 3.60. The third-order valence-corrected chi connectivity index (χ3v) is 3.37. The zero-order valence-electron chi connectivity index (χ0n) is 12.6. The lowest BCUT2D eigenvalue weighted by Gasteiger charge is -2.01. The van der Waals surface area contributed by atoms with E-state index in [9.17, 15) is 4.79 Å². The molecule has 23 heavy (non-hydrogen) atoms. The fourth-order valence-corrected chi connectivity index (χ4v) is 2.11. The molecule has 0 saturated carbocycles. The highest BCUT2D eigenvalue weighted by atomic mass is 16.5. The Kier molecular flexibility index (Phi) is 4.42. The van der Waals surface area contributed by atoms with E-state index in [0.717, 1.165) is 11.3 Å². The monoisotopic (exact) mass is 309 g/mol. The number of carbonyl (C=O) groups excluding carboxylic acids is 1. The molecule has 116 valence electrons. The number of ketones is 1. The molecule has 2 heterocycles. The van der Waals surface area contributed by atoms with Gasteiger partial charge in [-0.3, -0.25) is 9.78 Å². The Bertz CT molecular complexity index is 782. The van der Waals surface area contributed by atoms with Crippen LogP contribution in [0.25, 0.3) is 11.4 Å². The molecule has 2 aromatic heterocycles. The van der Waals surface area contributed by atoms with Crippen molar-refractivity contribution in [2.75, 3.05) is 7.11 Å². The average Bonchev–Trinajstić information content (AvgIpc) is 3.09. The predicted molar refractivity (Wildman–Crippen MR) is 83.2 cm³/mol. The van der Waals surface area contributed by atoms with Gasteiger partial charge < -0.3 is 9.26 Å². The van der Waals surface area contributed by atoms with Crippen molar-refractivity contribution in [3.8, 4) is 17.1 Å². The quantitative estimate of drug-likeness (QED) is 0.651. The van der Waals surface area contributed by atoms with Crippen LogP contribution in [0.4, 0.5) is 0 Å². The maximum Gasteiger partial charge on any atom is 0.227 e.